The van der Waals surface area contributed by atoms with E-state index < -0.39 is 0 Å². The Morgan fingerprint density at radius 2 is 2.37 bits per heavy atom. The number of thiophene rings is 1. The predicted octanol–water partition coefficient (Wildman–Crippen LogP) is 1.45. The highest BCUT2D eigenvalue weighted by Gasteiger charge is 2.10. The fraction of sp³-hybridized carbons (Fsp3) is 0.0909. The zero-order valence-electron chi connectivity index (χ0n) is 9.62. The van der Waals surface area contributed by atoms with Gasteiger partial charge in [-0.05, 0) is 6.07 Å². The number of hydrogen-bond acceptors (Lipinski definition) is 7. The number of nitrogen functional groups attached to an aromatic ring is 1. The molecule has 8 heteroatoms. The molecular weight excluding hydrogens is 264 g/mol. The van der Waals surface area contributed by atoms with Gasteiger partial charge in [-0.3, -0.25) is 0 Å². The predicted molar refractivity (Wildman–Crippen MR) is 69.5 cm³/mol. The second-order valence-electron chi connectivity index (χ2n) is 3.69. The summed E-state index contributed by atoms with van der Waals surface area (Å²) in [5, 5.41) is 10.5. The normalized spacial score (nSPS) is 10.5. The molecule has 0 aromatic carbocycles. The number of aromatic nitrogens is 4. The average Bonchev–Trinajstić information content (AvgIpc) is 3.03. The van der Waals surface area contributed by atoms with Gasteiger partial charge in [0.15, 0.2) is 5.65 Å². The molecule has 3 aromatic rings. The van der Waals surface area contributed by atoms with Crippen LogP contribution in [0.3, 0.4) is 0 Å². The molecule has 0 amide bonds. The van der Waals surface area contributed by atoms with Crippen LogP contribution in [0.5, 0.6) is 5.88 Å². The minimum atomic E-state index is 0.110. The lowest BCUT2D eigenvalue weighted by molar-refractivity contribution is 0.301. The van der Waals surface area contributed by atoms with Crippen LogP contribution in [-0.2, 0) is 6.61 Å². The summed E-state index contributed by atoms with van der Waals surface area (Å²) in [4.78, 5) is 15.8. The zero-order chi connectivity index (χ0) is 13.2. The molecule has 19 heavy (non-hydrogen) atoms. The summed E-state index contributed by atoms with van der Waals surface area (Å²) in [6.45, 7) is 0.316. The molecule has 0 aliphatic heterocycles. The van der Waals surface area contributed by atoms with E-state index in [1.54, 1.807) is 11.4 Å². The number of nitriles is 1. The third-order valence-electron chi connectivity index (χ3n) is 2.40. The van der Waals surface area contributed by atoms with Gasteiger partial charge in [0.1, 0.15) is 18.2 Å². The van der Waals surface area contributed by atoms with Crippen molar-refractivity contribution in [2.24, 2.45) is 0 Å². The van der Waals surface area contributed by atoms with Crippen molar-refractivity contribution in [1.29, 1.82) is 5.26 Å². The number of fused-ring (bicyclic) bond motifs is 1. The molecule has 94 valence electrons. The molecule has 0 saturated carbocycles. The largest absolute Gasteiger partial charge is 0.470 e. The van der Waals surface area contributed by atoms with Gasteiger partial charge in [0.25, 0.3) is 0 Å². The topological polar surface area (TPSA) is 114 Å². The number of rotatable bonds is 3. The van der Waals surface area contributed by atoms with Gasteiger partial charge in [-0.25, -0.2) is 4.98 Å². The highest BCUT2D eigenvalue weighted by atomic mass is 32.1. The first-order valence-electron chi connectivity index (χ1n) is 5.33. The summed E-state index contributed by atoms with van der Waals surface area (Å²) >= 11 is 1.46. The molecule has 0 bridgehead atoms. The molecule has 7 nitrogen and oxygen atoms in total. The first-order chi connectivity index (χ1) is 9.26. The second kappa shape index (κ2) is 4.55. The van der Waals surface area contributed by atoms with Crippen molar-refractivity contribution in [2.45, 2.75) is 6.61 Å². The number of H-pyrrole nitrogens is 1. The van der Waals surface area contributed by atoms with E-state index in [2.05, 4.69) is 26.0 Å². The number of anilines is 1. The van der Waals surface area contributed by atoms with Gasteiger partial charge in [-0.2, -0.15) is 15.2 Å². The van der Waals surface area contributed by atoms with Gasteiger partial charge in [0, 0.05) is 10.3 Å². The van der Waals surface area contributed by atoms with Gasteiger partial charge in [-0.15, -0.1) is 11.3 Å². The molecular formula is C11H8N6OS. The van der Waals surface area contributed by atoms with Crippen LogP contribution in [0.2, 0.25) is 0 Å². The Labute approximate surface area is 111 Å². The van der Waals surface area contributed by atoms with Crippen molar-refractivity contribution in [1.82, 2.24) is 19.9 Å². The summed E-state index contributed by atoms with van der Waals surface area (Å²) in [5.41, 5.74) is 7.27. The van der Waals surface area contributed by atoms with E-state index in [-0.39, 0.29) is 5.95 Å². The Kier molecular flexibility index (Phi) is 2.74. The number of nitrogens with zero attached hydrogens (tertiary/aromatic N) is 4. The fourth-order valence-electron chi connectivity index (χ4n) is 1.58. The van der Waals surface area contributed by atoms with Crippen molar-refractivity contribution >= 4 is 28.4 Å². The van der Waals surface area contributed by atoms with Gasteiger partial charge in [-0.1, -0.05) is 0 Å². The summed E-state index contributed by atoms with van der Waals surface area (Å²) in [5.74, 6) is 0.463. The molecule has 0 aliphatic rings. The highest BCUT2D eigenvalue weighted by Crippen LogP contribution is 2.22. The van der Waals surface area contributed by atoms with Crippen LogP contribution >= 0.6 is 11.3 Å². The maximum atomic E-state index is 8.75. The number of nitrogens with two attached hydrogens (primary N) is 1. The summed E-state index contributed by atoms with van der Waals surface area (Å²) in [7, 11) is 0. The van der Waals surface area contributed by atoms with Crippen molar-refractivity contribution in [3.8, 4) is 11.9 Å². The van der Waals surface area contributed by atoms with Crippen LogP contribution < -0.4 is 10.5 Å². The Morgan fingerprint density at radius 3 is 3.16 bits per heavy atom. The van der Waals surface area contributed by atoms with Crippen molar-refractivity contribution in [3.63, 3.8) is 0 Å². The minimum absolute atomic E-state index is 0.110. The Bertz CT molecular complexity index is 771. The fourth-order valence-corrected chi connectivity index (χ4v) is 2.30. The maximum Gasteiger partial charge on any atom is 0.245 e. The molecule has 3 rings (SSSR count). The van der Waals surface area contributed by atoms with E-state index in [1.165, 1.54) is 17.7 Å². The first-order valence-corrected chi connectivity index (χ1v) is 6.21. The third-order valence-corrected chi connectivity index (χ3v) is 3.31. The third kappa shape index (κ3) is 2.19. The summed E-state index contributed by atoms with van der Waals surface area (Å²) in [6.07, 6.45) is 1.50. The molecule has 0 aliphatic carbocycles. The van der Waals surface area contributed by atoms with E-state index in [0.29, 0.717) is 29.2 Å². The monoisotopic (exact) mass is 272 g/mol. The first kappa shape index (κ1) is 11.4. The molecule has 0 radical (unpaired) electrons. The Morgan fingerprint density at radius 1 is 1.47 bits per heavy atom. The van der Waals surface area contributed by atoms with E-state index >= 15 is 0 Å². The standard InChI is InChI=1S/C11H8N6OS/c12-2-6-1-7(19-4-6)3-18-10-8-9(15-5-14-8)16-11(13)17-10/h1,4-5H,3H2,(H3,13,14,15,16,17). The number of hydrogen-bond donors (Lipinski definition) is 2. The van der Waals surface area contributed by atoms with Gasteiger partial charge < -0.3 is 15.5 Å². The van der Waals surface area contributed by atoms with Crippen LogP contribution in [0.15, 0.2) is 17.8 Å². The summed E-state index contributed by atoms with van der Waals surface area (Å²) in [6, 6.07) is 3.85. The molecule has 3 N–H and O–H groups in total. The Hall–Kier alpha value is -2.66. The van der Waals surface area contributed by atoms with Crippen molar-refractivity contribution < 1.29 is 4.74 Å². The van der Waals surface area contributed by atoms with Crippen LogP contribution in [0.1, 0.15) is 10.4 Å². The Balaban J connectivity index is 1.85. The molecule has 0 saturated heterocycles. The second-order valence-corrected chi connectivity index (χ2v) is 4.69. The zero-order valence-corrected chi connectivity index (χ0v) is 10.4. The lowest BCUT2D eigenvalue weighted by Crippen LogP contribution is -2.01. The minimum Gasteiger partial charge on any atom is -0.470 e. The molecule has 3 heterocycles. The van der Waals surface area contributed by atoms with Gasteiger partial charge in [0.05, 0.1) is 11.9 Å². The van der Waals surface area contributed by atoms with Crippen LogP contribution in [0, 0.1) is 11.3 Å². The number of imidazole rings is 1. The quantitative estimate of drug-likeness (QED) is 0.745. The van der Waals surface area contributed by atoms with Gasteiger partial charge in [0.2, 0.25) is 11.8 Å². The maximum absolute atomic E-state index is 8.75. The van der Waals surface area contributed by atoms with Crippen LogP contribution in [-0.4, -0.2) is 19.9 Å². The number of nitrogens with one attached hydrogen (secondary N) is 1. The lowest BCUT2D eigenvalue weighted by atomic mass is 10.3. The highest BCUT2D eigenvalue weighted by molar-refractivity contribution is 7.10. The van der Waals surface area contributed by atoms with Crippen LogP contribution in [0.4, 0.5) is 5.95 Å². The lowest BCUT2D eigenvalue weighted by Gasteiger charge is -2.04. The molecule has 0 atom stereocenters. The molecule has 3 aromatic heterocycles. The molecule has 0 unspecified atom stereocenters. The molecule has 0 fully saturated rings. The van der Waals surface area contributed by atoms with Crippen molar-refractivity contribution in [3.05, 3.63) is 28.2 Å². The molecule has 0 spiro atoms. The van der Waals surface area contributed by atoms with E-state index in [4.69, 9.17) is 15.7 Å². The SMILES string of the molecule is N#Cc1csc(COc2nc(N)nc3nc[nH]c23)c1. The van der Waals surface area contributed by atoms with Crippen LogP contribution in [0.25, 0.3) is 11.2 Å². The van der Waals surface area contributed by atoms with E-state index in [0.717, 1.165) is 4.88 Å². The number of ether oxygens (including phenoxy) is 1. The number of aromatic amines is 1. The van der Waals surface area contributed by atoms with E-state index in [9.17, 15) is 0 Å². The van der Waals surface area contributed by atoms with Gasteiger partial charge >= 0.3 is 0 Å². The van der Waals surface area contributed by atoms with E-state index in [1.807, 2.05) is 0 Å². The smallest absolute Gasteiger partial charge is 0.245 e. The van der Waals surface area contributed by atoms with Crippen molar-refractivity contribution in [2.75, 3.05) is 5.73 Å². The average molecular weight is 272 g/mol. The summed E-state index contributed by atoms with van der Waals surface area (Å²) < 4.78 is 5.60.